The molecule has 2 aliphatic rings. The number of piperidine rings is 1. The minimum atomic E-state index is 0.341. The molecule has 5 rings (SSSR count). The van der Waals surface area contributed by atoms with Crippen molar-refractivity contribution in [3.8, 4) is 5.75 Å². The number of methoxy groups -OCH3 is 1. The molecular weight excluding hydrogens is 444 g/mol. The molecule has 0 amide bonds. The smallest absolute Gasteiger partial charge is 0.191 e. The summed E-state index contributed by atoms with van der Waals surface area (Å²) in [7, 11) is 1.75. The van der Waals surface area contributed by atoms with Gasteiger partial charge in [-0.3, -0.25) is 4.90 Å². The maximum Gasteiger partial charge on any atom is 0.191 e. The monoisotopic (exact) mass is 478 g/mol. The van der Waals surface area contributed by atoms with E-state index >= 15 is 0 Å². The van der Waals surface area contributed by atoms with E-state index < -0.39 is 0 Å². The van der Waals surface area contributed by atoms with Crippen molar-refractivity contribution >= 4 is 11.8 Å². The highest BCUT2D eigenvalue weighted by Crippen LogP contribution is 2.32. The molecule has 0 radical (unpaired) electrons. The van der Waals surface area contributed by atoms with Crippen molar-refractivity contribution < 1.29 is 9.47 Å². The van der Waals surface area contributed by atoms with Crippen molar-refractivity contribution in [2.45, 2.75) is 56.0 Å². The van der Waals surface area contributed by atoms with Gasteiger partial charge in [-0.05, 0) is 50.4 Å². The fourth-order valence-electron chi connectivity index (χ4n) is 4.99. The number of likely N-dealkylation sites (tertiary alicyclic amines) is 1. The predicted molar refractivity (Wildman–Crippen MR) is 136 cm³/mol. The van der Waals surface area contributed by atoms with Crippen molar-refractivity contribution in [1.29, 1.82) is 0 Å². The van der Waals surface area contributed by atoms with Crippen molar-refractivity contribution in [3.63, 3.8) is 0 Å². The van der Waals surface area contributed by atoms with E-state index in [2.05, 4.69) is 57.0 Å². The molecule has 180 valence electrons. The topological polar surface area (TPSA) is 52.4 Å². The van der Waals surface area contributed by atoms with E-state index in [9.17, 15) is 0 Å². The molecule has 2 fully saturated rings. The Morgan fingerprint density at radius 2 is 1.76 bits per heavy atom. The third kappa shape index (κ3) is 5.65. The van der Waals surface area contributed by atoms with E-state index in [-0.39, 0.29) is 0 Å². The zero-order chi connectivity index (χ0) is 23.2. The molecule has 0 N–H and O–H groups in total. The van der Waals surface area contributed by atoms with Crippen LogP contribution >= 0.6 is 11.8 Å². The summed E-state index contributed by atoms with van der Waals surface area (Å²) < 4.78 is 13.7. The highest BCUT2D eigenvalue weighted by atomic mass is 32.2. The molecule has 0 unspecified atom stereocenters. The average molecular weight is 479 g/mol. The number of aromatic nitrogens is 3. The second-order valence-electron chi connectivity index (χ2n) is 9.22. The number of rotatable bonds is 9. The van der Waals surface area contributed by atoms with Crippen LogP contribution in [0.3, 0.4) is 0 Å². The van der Waals surface area contributed by atoms with Crippen LogP contribution in [0.4, 0.5) is 0 Å². The molecule has 0 saturated carbocycles. The summed E-state index contributed by atoms with van der Waals surface area (Å²) in [4.78, 5) is 2.53. The van der Waals surface area contributed by atoms with Gasteiger partial charge in [0.15, 0.2) is 5.16 Å². The lowest BCUT2D eigenvalue weighted by Gasteiger charge is -2.32. The molecule has 1 atom stereocenters. The summed E-state index contributed by atoms with van der Waals surface area (Å²) >= 11 is 1.79. The number of benzene rings is 2. The minimum absolute atomic E-state index is 0.341. The van der Waals surface area contributed by atoms with E-state index in [4.69, 9.17) is 14.6 Å². The van der Waals surface area contributed by atoms with Gasteiger partial charge in [0, 0.05) is 30.4 Å². The largest absolute Gasteiger partial charge is 0.496 e. The average Bonchev–Trinajstić information content (AvgIpc) is 3.54. The van der Waals surface area contributed by atoms with Crippen molar-refractivity contribution in [1.82, 2.24) is 19.7 Å². The summed E-state index contributed by atoms with van der Waals surface area (Å²) in [6, 6.07) is 19.0. The summed E-state index contributed by atoms with van der Waals surface area (Å²) in [5.74, 6) is 3.49. The number of hydrogen-bond acceptors (Lipinski definition) is 6. The van der Waals surface area contributed by atoms with Crippen LogP contribution in [0.1, 0.15) is 48.6 Å². The van der Waals surface area contributed by atoms with Gasteiger partial charge in [-0.2, -0.15) is 0 Å². The Hall–Kier alpha value is -2.35. The van der Waals surface area contributed by atoms with E-state index in [1.165, 1.54) is 17.5 Å². The van der Waals surface area contributed by atoms with E-state index in [1.54, 1.807) is 18.9 Å². The Morgan fingerprint density at radius 1 is 0.971 bits per heavy atom. The first-order chi connectivity index (χ1) is 16.8. The summed E-state index contributed by atoms with van der Waals surface area (Å²) in [5, 5.41) is 10.4. The Bertz CT molecular complexity index is 1040. The normalized spacial score (nSPS) is 19.5. The lowest BCUT2D eigenvalue weighted by Crippen LogP contribution is -2.33. The van der Waals surface area contributed by atoms with Crippen LogP contribution in [0.2, 0.25) is 0 Å². The van der Waals surface area contributed by atoms with Gasteiger partial charge in [0.1, 0.15) is 11.6 Å². The van der Waals surface area contributed by atoms with Gasteiger partial charge in [-0.15, -0.1) is 10.2 Å². The van der Waals surface area contributed by atoms with Crippen LogP contribution in [0.25, 0.3) is 0 Å². The van der Waals surface area contributed by atoms with E-state index in [1.807, 2.05) is 12.1 Å². The van der Waals surface area contributed by atoms with Crippen LogP contribution in [-0.2, 0) is 17.8 Å². The van der Waals surface area contributed by atoms with Gasteiger partial charge >= 0.3 is 0 Å². The summed E-state index contributed by atoms with van der Waals surface area (Å²) in [6.45, 7) is 4.74. The molecule has 3 heterocycles. The quantitative estimate of drug-likeness (QED) is 0.404. The molecule has 34 heavy (non-hydrogen) atoms. The Labute approximate surface area is 206 Å². The first kappa shape index (κ1) is 23.4. The van der Waals surface area contributed by atoms with Crippen LogP contribution in [0.15, 0.2) is 59.8 Å². The maximum atomic E-state index is 5.84. The number of ether oxygens (including phenoxy) is 2. The molecule has 2 aliphatic heterocycles. The minimum Gasteiger partial charge on any atom is -0.496 e. The van der Waals surface area contributed by atoms with Gasteiger partial charge in [0.25, 0.3) is 0 Å². The van der Waals surface area contributed by atoms with Crippen molar-refractivity contribution in [2.75, 3.05) is 32.6 Å². The lowest BCUT2D eigenvalue weighted by atomic mass is 9.95. The van der Waals surface area contributed by atoms with Crippen molar-refractivity contribution in [2.24, 2.45) is 0 Å². The Morgan fingerprint density at radius 3 is 2.53 bits per heavy atom. The molecule has 7 heteroatoms. The number of para-hydroxylation sites is 1. The summed E-state index contributed by atoms with van der Waals surface area (Å²) in [6.07, 6.45) is 4.85. The predicted octanol–water partition coefficient (Wildman–Crippen LogP) is 4.99. The SMILES string of the molecule is COc1ccccc1CN1CCC(c2nnc(SC[C@H]3CCCO3)n2Cc2ccccc2)CC1. The lowest BCUT2D eigenvalue weighted by molar-refractivity contribution is 0.129. The van der Waals surface area contributed by atoms with Gasteiger partial charge in [0.05, 0.1) is 19.8 Å². The highest BCUT2D eigenvalue weighted by molar-refractivity contribution is 7.99. The van der Waals surface area contributed by atoms with E-state index in [0.29, 0.717) is 12.0 Å². The number of thioether (sulfide) groups is 1. The second-order valence-corrected chi connectivity index (χ2v) is 10.2. The molecule has 3 aromatic rings. The zero-order valence-electron chi connectivity index (χ0n) is 19.9. The van der Waals surface area contributed by atoms with Gasteiger partial charge in [-0.25, -0.2) is 0 Å². The third-order valence-corrected chi connectivity index (χ3v) is 7.99. The standard InChI is InChI=1S/C27H34N4O2S/c1-32-25-12-6-5-10-23(25)19-30-15-13-22(14-16-30)26-28-29-27(34-20-24-11-7-17-33-24)31(26)18-21-8-3-2-4-9-21/h2-6,8-10,12,22,24H,7,11,13-20H2,1H3/t24-/m1/s1. The van der Waals surface area contributed by atoms with Crippen LogP contribution in [0.5, 0.6) is 5.75 Å². The van der Waals surface area contributed by atoms with Crippen LogP contribution in [0, 0.1) is 0 Å². The molecule has 2 aromatic carbocycles. The molecule has 0 spiro atoms. The molecule has 1 aromatic heterocycles. The molecule has 0 aliphatic carbocycles. The number of hydrogen-bond donors (Lipinski definition) is 0. The molecular formula is C27H34N4O2S. The van der Waals surface area contributed by atoms with Crippen LogP contribution in [-0.4, -0.2) is 58.3 Å². The van der Waals surface area contributed by atoms with Crippen LogP contribution < -0.4 is 4.74 Å². The van der Waals surface area contributed by atoms with Gasteiger partial charge in [0.2, 0.25) is 0 Å². The Kier molecular flexibility index (Phi) is 7.83. The fourth-order valence-corrected chi connectivity index (χ4v) is 6.00. The second kappa shape index (κ2) is 11.4. The fraction of sp³-hybridized carbons (Fsp3) is 0.481. The summed E-state index contributed by atoms with van der Waals surface area (Å²) in [5.41, 5.74) is 2.54. The molecule has 6 nitrogen and oxygen atoms in total. The maximum absolute atomic E-state index is 5.84. The first-order valence-electron chi connectivity index (χ1n) is 12.4. The highest BCUT2D eigenvalue weighted by Gasteiger charge is 2.27. The van der Waals surface area contributed by atoms with Gasteiger partial charge < -0.3 is 14.0 Å². The zero-order valence-corrected chi connectivity index (χ0v) is 20.8. The molecule has 2 saturated heterocycles. The molecule has 0 bridgehead atoms. The first-order valence-corrected chi connectivity index (χ1v) is 13.3. The number of nitrogens with zero attached hydrogens (tertiary/aromatic N) is 4. The third-order valence-electron chi connectivity index (χ3n) is 6.89. The van der Waals surface area contributed by atoms with Crippen molar-refractivity contribution in [3.05, 3.63) is 71.5 Å². The van der Waals surface area contributed by atoms with Gasteiger partial charge in [-0.1, -0.05) is 60.3 Å². The Balaban J connectivity index is 1.27. The van der Waals surface area contributed by atoms with E-state index in [0.717, 1.165) is 74.5 Å².